The number of amides is 3. The van der Waals surface area contributed by atoms with Crippen molar-refractivity contribution in [1.29, 1.82) is 0 Å². The Hall–Kier alpha value is -2.30. The number of likely N-dealkylation sites (tertiary alicyclic amines) is 1. The molecule has 3 rings (SSSR count). The standard InChI is InChI=1S/C27H42F2N4O4/c1-18(34)31-14-7-13-27(37,21-11-5-12-22(28)24(21)29)20-10-6-15-33(17-20)26(36)32-23(16-30-2)25(35)19-8-3-4-9-19/h5,11-12,19-20,23,25,30,35,37H,3-4,6-10,13-17H2,1-2H3,(H,31,34)(H,32,36)/t20-,23-,25+,27+/m1/s1. The van der Waals surface area contributed by atoms with Gasteiger partial charge in [0.25, 0.3) is 0 Å². The summed E-state index contributed by atoms with van der Waals surface area (Å²) in [6, 6.07) is 2.96. The summed E-state index contributed by atoms with van der Waals surface area (Å²) in [5.41, 5.74) is -1.86. The highest BCUT2D eigenvalue weighted by atomic mass is 19.2. The third-order valence-electron chi connectivity index (χ3n) is 7.94. The Balaban J connectivity index is 1.76. The number of carbonyl (C=O) groups excluding carboxylic acids is 2. The van der Waals surface area contributed by atoms with Gasteiger partial charge in [0.15, 0.2) is 11.6 Å². The zero-order chi connectivity index (χ0) is 27.0. The fourth-order valence-corrected chi connectivity index (χ4v) is 5.92. The summed E-state index contributed by atoms with van der Waals surface area (Å²) in [5, 5.41) is 31.4. The van der Waals surface area contributed by atoms with Gasteiger partial charge < -0.3 is 31.1 Å². The van der Waals surface area contributed by atoms with Gasteiger partial charge in [-0.15, -0.1) is 0 Å². The molecule has 5 N–H and O–H groups in total. The zero-order valence-electron chi connectivity index (χ0n) is 21.9. The van der Waals surface area contributed by atoms with Gasteiger partial charge in [-0.1, -0.05) is 25.0 Å². The molecule has 1 heterocycles. The van der Waals surface area contributed by atoms with Crippen LogP contribution in [0.3, 0.4) is 0 Å². The molecular formula is C27H42F2N4O4. The number of rotatable bonds is 11. The molecular weight excluding hydrogens is 482 g/mol. The van der Waals surface area contributed by atoms with Gasteiger partial charge in [0.05, 0.1) is 17.7 Å². The highest BCUT2D eigenvalue weighted by Crippen LogP contribution is 2.41. The van der Waals surface area contributed by atoms with Crippen molar-refractivity contribution >= 4 is 11.9 Å². The van der Waals surface area contributed by atoms with Gasteiger partial charge in [-0.05, 0) is 57.6 Å². The average molecular weight is 525 g/mol. The molecule has 2 aliphatic rings. The molecule has 3 amide bonds. The van der Waals surface area contributed by atoms with Crippen LogP contribution in [0, 0.1) is 23.5 Å². The van der Waals surface area contributed by atoms with E-state index < -0.39 is 35.3 Å². The second-order valence-corrected chi connectivity index (χ2v) is 10.5. The van der Waals surface area contributed by atoms with Crippen LogP contribution in [-0.4, -0.2) is 72.4 Å². The SMILES string of the molecule is CNC[C@@H](NC(=O)N1CCC[C@@H]([C@@](O)(CCCNC(C)=O)c2cccc(F)c2F)C1)[C@@H](O)C1CCCC1. The van der Waals surface area contributed by atoms with E-state index >= 15 is 0 Å². The zero-order valence-corrected chi connectivity index (χ0v) is 21.9. The van der Waals surface area contributed by atoms with Gasteiger partial charge >= 0.3 is 6.03 Å². The minimum Gasteiger partial charge on any atom is -0.391 e. The van der Waals surface area contributed by atoms with Crippen LogP contribution in [0.5, 0.6) is 0 Å². The second-order valence-electron chi connectivity index (χ2n) is 10.5. The first-order valence-electron chi connectivity index (χ1n) is 13.5. The van der Waals surface area contributed by atoms with E-state index in [-0.39, 0.29) is 42.9 Å². The third kappa shape index (κ3) is 7.39. The number of aliphatic hydroxyl groups is 2. The molecule has 1 aliphatic heterocycles. The van der Waals surface area contributed by atoms with Gasteiger partial charge in [0.1, 0.15) is 0 Å². The third-order valence-corrected chi connectivity index (χ3v) is 7.94. The molecule has 0 bridgehead atoms. The van der Waals surface area contributed by atoms with Crippen LogP contribution < -0.4 is 16.0 Å². The van der Waals surface area contributed by atoms with Crippen LogP contribution in [0.2, 0.25) is 0 Å². The predicted octanol–water partition coefficient (Wildman–Crippen LogP) is 2.63. The molecule has 1 aliphatic carbocycles. The van der Waals surface area contributed by atoms with E-state index in [1.807, 2.05) is 0 Å². The Morgan fingerprint density at radius 1 is 1.19 bits per heavy atom. The lowest BCUT2D eigenvalue weighted by Gasteiger charge is -2.43. The number of benzene rings is 1. The number of piperidine rings is 1. The molecule has 0 unspecified atom stereocenters. The second kappa shape index (κ2) is 13.5. The summed E-state index contributed by atoms with van der Waals surface area (Å²) in [4.78, 5) is 26.1. The largest absolute Gasteiger partial charge is 0.391 e. The molecule has 8 nitrogen and oxygen atoms in total. The number of aliphatic hydroxyl groups excluding tert-OH is 1. The Morgan fingerprint density at radius 3 is 2.59 bits per heavy atom. The topological polar surface area (TPSA) is 114 Å². The Labute approximate surface area is 218 Å². The van der Waals surface area contributed by atoms with Crippen molar-refractivity contribution in [3.63, 3.8) is 0 Å². The summed E-state index contributed by atoms with van der Waals surface area (Å²) in [6.07, 6.45) is 4.93. The normalized spacial score (nSPS) is 21.8. The number of nitrogens with one attached hydrogen (secondary N) is 3. The maximum atomic E-state index is 14.9. The van der Waals surface area contributed by atoms with Gasteiger partial charge in [0, 0.05) is 44.6 Å². The van der Waals surface area contributed by atoms with Crippen molar-refractivity contribution in [1.82, 2.24) is 20.9 Å². The fraction of sp³-hybridized carbons (Fsp3) is 0.704. The number of hydrogen-bond donors (Lipinski definition) is 5. The van der Waals surface area contributed by atoms with Crippen LogP contribution in [0.4, 0.5) is 13.6 Å². The van der Waals surface area contributed by atoms with E-state index in [9.17, 15) is 28.6 Å². The minimum atomic E-state index is -1.72. The molecule has 208 valence electrons. The van der Waals surface area contributed by atoms with Crippen molar-refractivity contribution in [2.45, 2.75) is 76.0 Å². The molecule has 1 aromatic rings. The fourth-order valence-electron chi connectivity index (χ4n) is 5.92. The number of hydrogen-bond acceptors (Lipinski definition) is 5. The maximum absolute atomic E-state index is 14.9. The van der Waals surface area contributed by atoms with Crippen LogP contribution in [0.15, 0.2) is 18.2 Å². The van der Waals surface area contributed by atoms with E-state index in [2.05, 4.69) is 16.0 Å². The molecule has 4 atom stereocenters. The summed E-state index contributed by atoms with van der Waals surface area (Å²) in [6.45, 7) is 2.71. The summed E-state index contributed by atoms with van der Waals surface area (Å²) < 4.78 is 29.1. The van der Waals surface area contributed by atoms with Gasteiger partial charge in [0.2, 0.25) is 5.91 Å². The lowest BCUT2D eigenvalue weighted by molar-refractivity contribution is -0.119. The first-order valence-corrected chi connectivity index (χ1v) is 13.5. The monoisotopic (exact) mass is 524 g/mol. The summed E-state index contributed by atoms with van der Waals surface area (Å²) >= 11 is 0. The molecule has 1 aromatic carbocycles. The Morgan fingerprint density at radius 2 is 1.92 bits per heavy atom. The van der Waals surface area contributed by atoms with Crippen LogP contribution in [-0.2, 0) is 10.4 Å². The van der Waals surface area contributed by atoms with Crippen molar-refractivity contribution in [3.8, 4) is 0 Å². The maximum Gasteiger partial charge on any atom is 0.317 e. The lowest BCUT2D eigenvalue weighted by Crippen LogP contribution is -2.57. The van der Waals surface area contributed by atoms with Gasteiger partial charge in [-0.3, -0.25) is 4.79 Å². The van der Waals surface area contributed by atoms with Crippen LogP contribution >= 0.6 is 0 Å². The van der Waals surface area contributed by atoms with E-state index in [1.54, 1.807) is 11.9 Å². The Kier molecular flexibility index (Phi) is 10.7. The van der Waals surface area contributed by atoms with E-state index in [4.69, 9.17) is 0 Å². The molecule has 1 saturated carbocycles. The molecule has 0 spiro atoms. The smallest absolute Gasteiger partial charge is 0.317 e. The van der Waals surface area contributed by atoms with Crippen molar-refractivity contribution in [3.05, 3.63) is 35.4 Å². The van der Waals surface area contributed by atoms with Crippen LogP contribution in [0.1, 0.15) is 63.9 Å². The van der Waals surface area contributed by atoms with Crippen molar-refractivity contribution in [2.75, 3.05) is 33.2 Å². The first-order chi connectivity index (χ1) is 17.7. The predicted molar refractivity (Wildman–Crippen MR) is 137 cm³/mol. The van der Waals surface area contributed by atoms with Crippen molar-refractivity contribution in [2.24, 2.45) is 11.8 Å². The van der Waals surface area contributed by atoms with E-state index in [0.717, 1.165) is 31.7 Å². The lowest BCUT2D eigenvalue weighted by atomic mass is 9.74. The minimum absolute atomic E-state index is 0.0938. The molecule has 0 radical (unpaired) electrons. The quantitative estimate of drug-likeness (QED) is 0.286. The first kappa shape index (κ1) is 29.3. The van der Waals surface area contributed by atoms with Gasteiger partial charge in [-0.2, -0.15) is 0 Å². The van der Waals surface area contributed by atoms with E-state index in [1.165, 1.54) is 19.1 Å². The number of nitrogens with zero attached hydrogens (tertiary/aromatic N) is 1. The summed E-state index contributed by atoms with van der Waals surface area (Å²) in [5.74, 6) is -2.74. The molecule has 0 aromatic heterocycles. The Bertz CT molecular complexity index is 914. The number of carbonyl (C=O) groups is 2. The highest BCUT2D eigenvalue weighted by Gasteiger charge is 2.43. The van der Waals surface area contributed by atoms with Crippen LogP contribution in [0.25, 0.3) is 0 Å². The number of urea groups is 1. The average Bonchev–Trinajstić information content (AvgIpc) is 3.42. The molecule has 37 heavy (non-hydrogen) atoms. The van der Waals surface area contributed by atoms with E-state index in [0.29, 0.717) is 32.4 Å². The summed E-state index contributed by atoms with van der Waals surface area (Å²) in [7, 11) is 1.77. The number of likely N-dealkylation sites (N-methyl/N-ethyl adjacent to an activating group) is 1. The molecule has 2 fully saturated rings. The number of halogens is 2. The highest BCUT2D eigenvalue weighted by molar-refractivity contribution is 5.75. The van der Waals surface area contributed by atoms with Crippen molar-refractivity contribution < 1.29 is 28.6 Å². The molecule has 10 heteroatoms. The van der Waals surface area contributed by atoms with Gasteiger partial charge in [-0.25, -0.2) is 13.6 Å². The molecule has 1 saturated heterocycles.